The van der Waals surface area contributed by atoms with Gasteiger partial charge in [-0.05, 0) is 32.6 Å². The zero-order chi connectivity index (χ0) is 17.9. The molecule has 0 aromatic carbocycles. The first-order chi connectivity index (χ1) is 12.8. The number of aryl methyl sites for hydroxylation is 1. The van der Waals surface area contributed by atoms with Crippen molar-refractivity contribution in [2.75, 3.05) is 25.0 Å². The SMILES string of the molecule is CCCNc1nc(C2CC2)nc2c1CCN(Cc1ncnn1CC)CC2. The van der Waals surface area contributed by atoms with E-state index < -0.39 is 0 Å². The number of anilines is 1. The number of hydrogen-bond donors (Lipinski definition) is 1. The highest BCUT2D eigenvalue weighted by molar-refractivity contribution is 5.48. The lowest BCUT2D eigenvalue weighted by atomic mass is 10.1. The van der Waals surface area contributed by atoms with Crippen molar-refractivity contribution in [3.8, 4) is 0 Å². The Morgan fingerprint density at radius 3 is 2.77 bits per heavy atom. The lowest BCUT2D eigenvalue weighted by Gasteiger charge is -2.19. The molecule has 0 saturated heterocycles. The first-order valence-corrected chi connectivity index (χ1v) is 10.0. The Kier molecular flexibility index (Phi) is 5.15. The Bertz CT molecular complexity index is 750. The van der Waals surface area contributed by atoms with Crippen molar-refractivity contribution in [1.82, 2.24) is 29.6 Å². The van der Waals surface area contributed by atoms with Gasteiger partial charge in [0.15, 0.2) is 0 Å². The van der Waals surface area contributed by atoms with Gasteiger partial charge in [0.05, 0.1) is 12.2 Å². The molecule has 0 amide bonds. The summed E-state index contributed by atoms with van der Waals surface area (Å²) in [5.41, 5.74) is 2.57. The van der Waals surface area contributed by atoms with Crippen molar-refractivity contribution in [3.63, 3.8) is 0 Å². The molecule has 3 heterocycles. The van der Waals surface area contributed by atoms with Gasteiger partial charge in [-0.3, -0.25) is 4.90 Å². The fourth-order valence-corrected chi connectivity index (χ4v) is 3.61. The lowest BCUT2D eigenvalue weighted by molar-refractivity contribution is 0.266. The van der Waals surface area contributed by atoms with Crippen molar-refractivity contribution in [2.45, 2.75) is 65.0 Å². The van der Waals surface area contributed by atoms with Crippen LogP contribution >= 0.6 is 0 Å². The molecule has 140 valence electrons. The van der Waals surface area contributed by atoms with Gasteiger partial charge < -0.3 is 5.32 Å². The molecule has 0 spiro atoms. The highest BCUT2D eigenvalue weighted by atomic mass is 15.3. The van der Waals surface area contributed by atoms with E-state index in [1.165, 1.54) is 24.1 Å². The van der Waals surface area contributed by atoms with Gasteiger partial charge in [-0.15, -0.1) is 0 Å². The molecule has 0 radical (unpaired) electrons. The van der Waals surface area contributed by atoms with Crippen LogP contribution in [0.5, 0.6) is 0 Å². The minimum absolute atomic E-state index is 0.588. The van der Waals surface area contributed by atoms with Crippen LogP contribution in [0.4, 0.5) is 5.82 Å². The Hall–Kier alpha value is -2.02. The van der Waals surface area contributed by atoms with Crippen LogP contribution < -0.4 is 5.32 Å². The van der Waals surface area contributed by atoms with Crippen LogP contribution in [0.1, 0.15) is 61.9 Å². The number of fused-ring (bicyclic) bond motifs is 1. The summed E-state index contributed by atoms with van der Waals surface area (Å²) in [5, 5.41) is 7.85. The van der Waals surface area contributed by atoms with Crippen LogP contribution in [0.15, 0.2) is 6.33 Å². The topological polar surface area (TPSA) is 71.8 Å². The summed E-state index contributed by atoms with van der Waals surface area (Å²) in [4.78, 5) is 16.8. The van der Waals surface area contributed by atoms with Gasteiger partial charge in [0.1, 0.15) is 23.8 Å². The largest absolute Gasteiger partial charge is 0.370 e. The van der Waals surface area contributed by atoms with Crippen molar-refractivity contribution >= 4 is 5.82 Å². The van der Waals surface area contributed by atoms with Crippen LogP contribution in [0.25, 0.3) is 0 Å². The second kappa shape index (κ2) is 7.70. The molecule has 0 bridgehead atoms. The van der Waals surface area contributed by atoms with E-state index in [9.17, 15) is 0 Å². The fourth-order valence-electron chi connectivity index (χ4n) is 3.61. The van der Waals surface area contributed by atoms with Crippen LogP contribution in [0, 0.1) is 0 Å². The predicted molar refractivity (Wildman–Crippen MR) is 101 cm³/mol. The minimum atomic E-state index is 0.588. The van der Waals surface area contributed by atoms with Gasteiger partial charge in [0.2, 0.25) is 0 Å². The molecule has 26 heavy (non-hydrogen) atoms. The van der Waals surface area contributed by atoms with E-state index in [0.29, 0.717) is 5.92 Å². The average molecular weight is 355 g/mol. The molecule has 2 aromatic heterocycles. The number of hydrogen-bond acceptors (Lipinski definition) is 6. The van der Waals surface area contributed by atoms with Crippen LogP contribution in [-0.2, 0) is 25.9 Å². The van der Waals surface area contributed by atoms with Crippen LogP contribution in [0.3, 0.4) is 0 Å². The standard InChI is InChI=1S/C19H29N7/c1-3-9-20-19-15-7-10-25(12-17-21-13-22-26(17)4-2)11-8-16(15)23-18(24-19)14-5-6-14/h13-14H,3-12H2,1-2H3,(H,20,23,24). The number of nitrogens with one attached hydrogen (secondary N) is 1. The number of nitrogens with zero attached hydrogens (tertiary/aromatic N) is 6. The summed E-state index contributed by atoms with van der Waals surface area (Å²) in [6.45, 7) is 9.01. The summed E-state index contributed by atoms with van der Waals surface area (Å²) in [6.07, 6.45) is 7.22. The van der Waals surface area contributed by atoms with Gasteiger partial charge in [-0.25, -0.2) is 19.6 Å². The second-order valence-corrected chi connectivity index (χ2v) is 7.32. The van der Waals surface area contributed by atoms with Crippen molar-refractivity contribution in [3.05, 3.63) is 29.2 Å². The smallest absolute Gasteiger partial charge is 0.140 e. The monoisotopic (exact) mass is 355 g/mol. The highest BCUT2D eigenvalue weighted by Crippen LogP contribution is 2.39. The molecule has 2 aliphatic rings. The van der Waals surface area contributed by atoms with Gasteiger partial charge in [0.25, 0.3) is 0 Å². The maximum Gasteiger partial charge on any atom is 0.140 e. The Morgan fingerprint density at radius 2 is 2.00 bits per heavy atom. The van der Waals surface area contributed by atoms with Crippen molar-refractivity contribution < 1.29 is 0 Å². The number of rotatable bonds is 7. The molecule has 1 aliphatic heterocycles. The molecule has 7 nitrogen and oxygen atoms in total. The first kappa shape index (κ1) is 17.4. The summed E-state index contributed by atoms with van der Waals surface area (Å²) in [7, 11) is 0. The number of aromatic nitrogens is 5. The quantitative estimate of drug-likeness (QED) is 0.822. The molecule has 1 N–H and O–H groups in total. The summed E-state index contributed by atoms with van der Waals surface area (Å²) in [6, 6.07) is 0. The van der Waals surface area contributed by atoms with E-state index >= 15 is 0 Å². The van der Waals surface area contributed by atoms with Crippen molar-refractivity contribution in [2.24, 2.45) is 0 Å². The molecule has 1 saturated carbocycles. The first-order valence-electron chi connectivity index (χ1n) is 10.0. The molecule has 2 aromatic rings. The second-order valence-electron chi connectivity index (χ2n) is 7.32. The fraction of sp³-hybridized carbons (Fsp3) is 0.684. The third-order valence-electron chi connectivity index (χ3n) is 5.30. The summed E-state index contributed by atoms with van der Waals surface area (Å²) >= 11 is 0. The van der Waals surface area contributed by atoms with Gasteiger partial charge in [0, 0.05) is 44.1 Å². The van der Waals surface area contributed by atoms with Crippen LogP contribution in [-0.4, -0.2) is 49.3 Å². The van der Waals surface area contributed by atoms with E-state index in [-0.39, 0.29) is 0 Å². The third kappa shape index (κ3) is 3.72. The highest BCUT2D eigenvalue weighted by Gasteiger charge is 2.29. The van der Waals surface area contributed by atoms with E-state index in [2.05, 4.69) is 34.1 Å². The molecular weight excluding hydrogens is 326 g/mol. The lowest BCUT2D eigenvalue weighted by Crippen LogP contribution is -2.27. The molecular formula is C19H29N7. The average Bonchev–Trinajstić information content (AvgIpc) is 3.44. The zero-order valence-electron chi connectivity index (χ0n) is 15.9. The Balaban J connectivity index is 1.52. The van der Waals surface area contributed by atoms with Crippen molar-refractivity contribution in [1.29, 1.82) is 0 Å². The van der Waals surface area contributed by atoms with Gasteiger partial charge >= 0.3 is 0 Å². The third-order valence-corrected chi connectivity index (χ3v) is 5.30. The Morgan fingerprint density at radius 1 is 1.15 bits per heavy atom. The molecule has 7 heteroatoms. The van der Waals surface area contributed by atoms with Crippen LogP contribution in [0.2, 0.25) is 0 Å². The van der Waals surface area contributed by atoms with E-state index in [0.717, 1.165) is 69.5 Å². The molecule has 0 atom stereocenters. The maximum absolute atomic E-state index is 4.96. The maximum atomic E-state index is 4.96. The van der Waals surface area contributed by atoms with E-state index in [1.807, 2.05) is 4.68 Å². The molecule has 1 fully saturated rings. The Labute approximate surface area is 155 Å². The minimum Gasteiger partial charge on any atom is -0.370 e. The van der Waals surface area contributed by atoms with Gasteiger partial charge in [-0.2, -0.15) is 5.10 Å². The summed E-state index contributed by atoms with van der Waals surface area (Å²) in [5.74, 6) is 3.77. The molecule has 4 rings (SSSR count). The van der Waals surface area contributed by atoms with E-state index in [4.69, 9.17) is 9.97 Å². The normalized spacial score (nSPS) is 17.8. The summed E-state index contributed by atoms with van der Waals surface area (Å²) < 4.78 is 1.98. The van der Waals surface area contributed by atoms with Gasteiger partial charge in [-0.1, -0.05) is 6.92 Å². The van der Waals surface area contributed by atoms with E-state index in [1.54, 1.807) is 6.33 Å². The molecule has 0 unspecified atom stereocenters. The zero-order valence-corrected chi connectivity index (χ0v) is 15.9. The molecule has 1 aliphatic carbocycles. The predicted octanol–water partition coefficient (Wildman–Crippen LogP) is 2.39.